The number of aryl methyl sites for hydroxylation is 1. The topological polar surface area (TPSA) is 63.2 Å². The molecule has 1 amide bonds. The Morgan fingerprint density at radius 3 is 2.55 bits per heavy atom. The van der Waals surface area contributed by atoms with Gasteiger partial charge in [0.1, 0.15) is 6.04 Å². The molecule has 0 radical (unpaired) electrons. The van der Waals surface area contributed by atoms with Crippen LogP contribution in [0.2, 0.25) is 0 Å². The van der Waals surface area contributed by atoms with Crippen LogP contribution in [0.1, 0.15) is 18.1 Å². The number of amides is 1. The lowest BCUT2D eigenvalue weighted by molar-refractivity contribution is -0.121. The summed E-state index contributed by atoms with van der Waals surface area (Å²) in [5.74, 6) is 0.485. The number of carbonyl (C=O) groups is 1. The number of hydrogen-bond donors (Lipinski definition) is 2. The lowest BCUT2D eigenvalue weighted by Crippen LogP contribution is -2.37. The molecule has 1 aromatic carbocycles. The van der Waals surface area contributed by atoms with Crippen molar-refractivity contribution in [3.63, 3.8) is 0 Å². The number of aromatic nitrogens is 1. The second-order valence-corrected chi connectivity index (χ2v) is 5.16. The van der Waals surface area contributed by atoms with Crippen LogP contribution in [-0.2, 0) is 11.3 Å². The molecule has 116 valence electrons. The van der Waals surface area contributed by atoms with Gasteiger partial charge in [-0.3, -0.25) is 4.79 Å². The molecule has 0 unspecified atom stereocenters. The Bertz CT molecular complexity index is 609. The average molecular weight is 299 g/mol. The smallest absolute Gasteiger partial charge is 0.242 e. The van der Waals surface area contributed by atoms with Gasteiger partial charge in [0.25, 0.3) is 0 Å². The third-order valence-corrected chi connectivity index (χ3v) is 3.31. The van der Waals surface area contributed by atoms with E-state index in [-0.39, 0.29) is 11.9 Å². The Labute approximate surface area is 130 Å². The normalized spacial score (nSPS) is 11.6. The minimum absolute atomic E-state index is 0.0589. The van der Waals surface area contributed by atoms with E-state index in [0.29, 0.717) is 12.4 Å². The van der Waals surface area contributed by atoms with E-state index in [9.17, 15) is 4.79 Å². The second kappa shape index (κ2) is 7.45. The van der Waals surface area contributed by atoms with E-state index in [1.165, 1.54) is 5.56 Å². The van der Waals surface area contributed by atoms with Crippen LogP contribution in [0.4, 0.5) is 5.69 Å². The highest BCUT2D eigenvalue weighted by Gasteiger charge is 2.12. The molecule has 0 fully saturated rings. The lowest BCUT2D eigenvalue weighted by Gasteiger charge is -2.15. The number of pyridine rings is 1. The van der Waals surface area contributed by atoms with Crippen LogP contribution in [0.5, 0.6) is 5.88 Å². The molecular weight excluding hydrogens is 278 g/mol. The summed E-state index contributed by atoms with van der Waals surface area (Å²) in [4.78, 5) is 16.2. The molecule has 0 spiro atoms. The average Bonchev–Trinajstić information content (AvgIpc) is 2.54. The van der Waals surface area contributed by atoms with E-state index in [1.807, 2.05) is 44.2 Å². The SMILES string of the molecule is COc1ccc(N[C@@H](C)C(=O)NCc2ccc(C)cc2)cn1. The number of nitrogens with one attached hydrogen (secondary N) is 2. The maximum absolute atomic E-state index is 12.1. The molecule has 5 heteroatoms. The number of hydrogen-bond acceptors (Lipinski definition) is 4. The van der Waals surface area contributed by atoms with Crippen LogP contribution in [0.3, 0.4) is 0 Å². The van der Waals surface area contributed by atoms with Crippen molar-refractivity contribution < 1.29 is 9.53 Å². The summed E-state index contributed by atoms with van der Waals surface area (Å²) in [6.07, 6.45) is 1.64. The summed E-state index contributed by atoms with van der Waals surface area (Å²) in [5.41, 5.74) is 3.06. The molecule has 1 heterocycles. The molecule has 1 aromatic heterocycles. The fraction of sp³-hybridized carbons (Fsp3) is 0.294. The number of rotatable bonds is 6. The highest BCUT2D eigenvalue weighted by molar-refractivity contribution is 5.84. The summed E-state index contributed by atoms with van der Waals surface area (Å²) in [6.45, 7) is 4.37. The van der Waals surface area contributed by atoms with Crippen molar-refractivity contribution in [2.24, 2.45) is 0 Å². The Morgan fingerprint density at radius 1 is 1.23 bits per heavy atom. The zero-order chi connectivity index (χ0) is 15.9. The Hall–Kier alpha value is -2.56. The number of carbonyl (C=O) groups excluding carboxylic acids is 1. The van der Waals surface area contributed by atoms with Gasteiger partial charge in [-0.05, 0) is 25.5 Å². The summed E-state index contributed by atoms with van der Waals surface area (Å²) >= 11 is 0. The van der Waals surface area contributed by atoms with Crippen LogP contribution in [0, 0.1) is 6.92 Å². The first kappa shape index (κ1) is 15.8. The molecule has 0 aliphatic carbocycles. The van der Waals surface area contributed by atoms with Crippen LogP contribution in [0.25, 0.3) is 0 Å². The van der Waals surface area contributed by atoms with Gasteiger partial charge >= 0.3 is 0 Å². The van der Waals surface area contributed by atoms with Crippen LogP contribution < -0.4 is 15.4 Å². The van der Waals surface area contributed by atoms with Crippen molar-refractivity contribution in [2.75, 3.05) is 12.4 Å². The molecule has 0 aliphatic heterocycles. The monoisotopic (exact) mass is 299 g/mol. The van der Waals surface area contributed by atoms with Crippen molar-refractivity contribution >= 4 is 11.6 Å². The van der Waals surface area contributed by atoms with Gasteiger partial charge in [0, 0.05) is 12.6 Å². The molecule has 0 bridgehead atoms. The predicted octanol–water partition coefficient (Wildman–Crippen LogP) is 2.52. The van der Waals surface area contributed by atoms with Crippen LogP contribution in [-0.4, -0.2) is 24.0 Å². The number of benzene rings is 1. The zero-order valence-corrected chi connectivity index (χ0v) is 13.1. The van der Waals surface area contributed by atoms with Gasteiger partial charge in [-0.2, -0.15) is 0 Å². The fourth-order valence-electron chi connectivity index (χ4n) is 1.95. The second-order valence-electron chi connectivity index (χ2n) is 5.16. The summed E-state index contributed by atoms with van der Waals surface area (Å²) in [7, 11) is 1.57. The predicted molar refractivity (Wildman–Crippen MR) is 86.9 cm³/mol. The van der Waals surface area contributed by atoms with E-state index in [0.717, 1.165) is 11.3 Å². The van der Waals surface area contributed by atoms with Gasteiger partial charge in [-0.25, -0.2) is 4.98 Å². The lowest BCUT2D eigenvalue weighted by atomic mass is 10.1. The number of anilines is 1. The van der Waals surface area contributed by atoms with Crippen molar-refractivity contribution in [1.29, 1.82) is 0 Å². The maximum atomic E-state index is 12.1. The van der Waals surface area contributed by atoms with E-state index >= 15 is 0 Å². The van der Waals surface area contributed by atoms with Gasteiger partial charge in [0.2, 0.25) is 11.8 Å². The first-order valence-electron chi connectivity index (χ1n) is 7.18. The summed E-state index contributed by atoms with van der Waals surface area (Å²) in [6, 6.07) is 11.3. The van der Waals surface area contributed by atoms with E-state index in [1.54, 1.807) is 19.4 Å². The minimum Gasteiger partial charge on any atom is -0.481 e. The molecule has 0 saturated heterocycles. The van der Waals surface area contributed by atoms with E-state index in [2.05, 4.69) is 15.6 Å². The zero-order valence-electron chi connectivity index (χ0n) is 13.1. The van der Waals surface area contributed by atoms with E-state index < -0.39 is 0 Å². The molecule has 2 aromatic rings. The van der Waals surface area contributed by atoms with Gasteiger partial charge in [-0.1, -0.05) is 29.8 Å². The Kier molecular flexibility index (Phi) is 5.36. The van der Waals surface area contributed by atoms with Crippen molar-refractivity contribution in [3.05, 3.63) is 53.7 Å². The van der Waals surface area contributed by atoms with Gasteiger partial charge in [-0.15, -0.1) is 0 Å². The third-order valence-electron chi connectivity index (χ3n) is 3.31. The summed E-state index contributed by atoms with van der Waals surface area (Å²) in [5, 5.41) is 6.02. The highest BCUT2D eigenvalue weighted by atomic mass is 16.5. The van der Waals surface area contributed by atoms with Crippen LogP contribution >= 0.6 is 0 Å². The molecular formula is C17H21N3O2. The first-order valence-corrected chi connectivity index (χ1v) is 7.18. The number of nitrogens with zero attached hydrogens (tertiary/aromatic N) is 1. The van der Waals surface area contributed by atoms with Gasteiger partial charge < -0.3 is 15.4 Å². The highest BCUT2D eigenvalue weighted by Crippen LogP contribution is 2.12. The number of ether oxygens (including phenoxy) is 1. The Morgan fingerprint density at radius 2 is 1.95 bits per heavy atom. The standard InChI is InChI=1S/C17H21N3O2/c1-12-4-6-14(7-5-12)10-19-17(21)13(2)20-15-8-9-16(22-3)18-11-15/h4-9,11,13,20H,10H2,1-3H3,(H,19,21)/t13-/m0/s1. The van der Waals surface area contributed by atoms with Crippen LogP contribution in [0.15, 0.2) is 42.6 Å². The quantitative estimate of drug-likeness (QED) is 0.860. The first-order chi connectivity index (χ1) is 10.6. The summed E-state index contributed by atoms with van der Waals surface area (Å²) < 4.78 is 5.00. The Balaban J connectivity index is 1.84. The van der Waals surface area contributed by atoms with Gasteiger partial charge in [0.05, 0.1) is 19.0 Å². The van der Waals surface area contributed by atoms with Crippen molar-refractivity contribution in [1.82, 2.24) is 10.3 Å². The van der Waals surface area contributed by atoms with Crippen molar-refractivity contribution in [3.8, 4) is 5.88 Å². The molecule has 0 aliphatic rings. The molecule has 22 heavy (non-hydrogen) atoms. The minimum atomic E-state index is -0.347. The fourth-order valence-corrected chi connectivity index (χ4v) is 1.95. The van der Waals surface area contributed by atoms with E-state index in [4.69, 9.17) is 4.74 Å². The third kappa shape index (κ3) is 4.48. The molecule has 1 atom stereocenters. The molecule has 5 nitrogen and oxygen atoms in total. The van der Waals surface area contributed by atoms with Gasteiger partial charge in [0.15, 0.2) is 0 Å². The molecule has 2 N–H and O–H groups in total. The molecule has 0 saturated carbocycles. The maximum Gasteiger partial charge on any atom is 0.242 e. The molecule has 2 rings (SSSR count). The largest absolute Gasteiger partial charge is 0.481 e. The number of methoxy groups -OCH3 is 1. The van der Waals surface area contributed by atoms with Crippen molar-refractivity contribution in [2.45, 2.75) is 26.4 Å².